The second-order valence-corrected chi connectivity index (χ2v) is 6.81. The molecule has 2 aromatic rings. The lowest BCUT2D eigenvalue weighted by atomic mass is 10.3. The van der Waals surface area contributed by atoms with E-state index in [1.165, 1.54) is 23.2 Å². The van der Waals surface area contributed by atoms with E-state index in [9.17, 15) is 0 Å². The Kier molecular flexibility index (Phi) is 2.12. The maximum atomic E-state index is 3.54. The molecule has 4 heteroatoms. The third-order valence-electron chi connectivity index (χ3n) is 1.53. The van der Waals surface area contributed by atoms with Crippen LogP contribution in [0.15, 0.2) is 13.0 Å². The van der Waals surface area contributed by atoms with Crippen molar-refractivity contribution in [2.75, 3.05) is 0 Å². The number of rotatable bonds is 0. The van der Waals surface area contributed by atoms with Crippen LogP contribution in [-0.4, -0.2) is 0 Å². The Balaban J connectivity index is 2.98. The smallest absolute Gasteiger partial charge is 0.0888 e. The van der Waals surface area contributed by atoms with Gasteiger partial charge >= 0.3 is 0 Å². The monoisotopic (exact) mass is 310 g/mol. The van der Waals surface area contributed by atoms with E-state index in [-0.39, 0.29) is 0 Å². The summed E-state index contributed by atoms with van der Waals surface area (Å²) in [6.45, 7) is 2.14. The van der Waals surface area contributed by atoms with Crippen molar-refractivity contribution in [3.63, 3.8) is 0 Å². The summed E-state index contributed by atoms with van der Waals surface area (Å²) in [4.78, 5) is 0. The molecule has 0 atom stereocenters. The van der Waals surface area contributed by atoms with Crippen LogP contribution in [0.1, 0.15) is 5.56 Å². The molecular weight excluding hydrogens is 308 g/mol. The van der Waals surface area contributed by atoms with Crippen molar-refractivity contribution in [3.05, 3.63) is 18.5 Å². The minimum Gasteiger partial charge on any atom is -0.141 e. The number of halogens is 2. The molecule has 58 valence electrons. The van der Waals surface area contributed by atoms with E-state index in [4.69, 9.17) is 0 Å². The molecule has 2 aromatic heterocycles. The van der Waals surface area contributed by atoms with Crippen LogP contribution in [0.4, 0.5) is 0 Å². The van der Waals surface area contributed by atoms with Crippen LogP contribution in [0, 0.1) is 6.92 Å². The molecule has 0 saturated heterocycles. The van der Waals surface area contributed by atoms with Crippen LogP contribution < -0.4 is 0 Å². The van der Waals surface area contributed by atoms with Crippen LogP contribution in [0.2, 0.25) is 0 Å². The first-order valence-electron chi connectivity index (χ1n) is 3.01. The van der Waals surface area contributed by atoms with Gasteiger partial charge in [0.25, 0.3) is 0 Å². The Morgan fingerprint density at radius 2 is 2.00 bits per heavy atom. The molecular formula is C7H4Br2S2. The Labute approximate surface area is 89.5 Å². The van der Waals surface area contributed by atoms with E-state index in [1.807, 2.05) is 0 Å². The number of hydrogen-bond acceptors (Lipinski definition) is 2. The number of fused-ring (bicyclic) bond motifs is 1. The van der Waals surface area contributed by atoms with E-state index in [1.54, 1.807) is 22.7 Å². The van der Waals surface area contributed by atoms with Gasteiger partial charge in [-0.3, -0.25) is 0 Å². The van der Waals surface area contributed by atoms with Crippen molar-refractivity contribution in [2.45, 2.75) is 6.92 Å². The van der Waals surface area contributed by atoms with Gasteiger partial charge in [-0.05, 0) is 49.7 Å². The van der Waals surface area contributed by atoms with E-state index in [0.717, 1.165) is 0 Å². The lowest BCUT2D eigenvalue weighted by molar-refractivity contribution is 1.61. The summed E-state index contributed by atoms with van der Waals surface area (Å²) in [5.41, 5.74) is 1.36. The standard InChI is InChI=1S/C7H4Br2S2/c1-3-2-10-5-4(3)6(8)11-7(5)9/h2H,1H3. The lowest BCUT2D eigenvalue weighted by Gasteiger charge is -1.82. The average Bonchev–Trinajstić information content (AvgIpc) is 2.41. The van der Waals surface area contributed by atoms with E-state index < -0.39 is 0 Å². The highest BCUT2D eigenvalue weighted by Crippen LogP contribution is 2.43. The highest BCUT2D eigenvalue weighted by Gasteiger charge is 2.10. The van der Waals surface area contributed by atoms with Gasteiger partial charge in [-0.2, -0.15) is 0 Å². The molecule has 2 heterocycles. The molecule has 0 amide bonds. The van der Waals surface area contributed by atoms with Crippen molar-refractivity contribution in [1.82, 2.24) is 0 Å². The topological polar surface area (TPSA) is 0 Å². The van der Waals surface area contributed by atoms with Gasteiger partial charge in [0.05, 0.1) is 12.3 Å². The summed E-state index contributed by atoms with van der Waals surface area (Å²) < 4.78 is 3.83. The van der Waals surface area contributed by atoms with Crippen LogP contribution in [0.3, 0.4) is 0 Å². The molecule has 0 aliphatic carbocycles. The van der Waals surface area contributed by atoms with Crippen molar-refractivity contribution < 1.29 is 0 Å². The maximum absolute atomic E-state index is 3.54. The molecule has 0 spiro atoms. The van der Waals surface area contributed by atoms with Crippen LogP contribution >= 0.6 is 54.5 Å². The Morgan fingerprint density at radius 1 is 1.27 bits per heavy atom. The van der Waals surface area contributed by atoms with Gasteiger partial charge in [-0.15, -0.1) is 22.7 Å². The van der Waals surface area contributed by atoms with Gasteiger partial charge in [0.2, 0.25) is 0 Å². The van der Waals surface area contributed by atoms with Crippen molar-refractivity contribution in [2.24, 2.45) is 0 Å². The fourth-order valence-electron chi connectivity index (χ4n) is 1.01. The predicted molar refractivity (Wildman–Crippen MR) is 59.8 cm³/mol. The Morgan fingerprint density at radius 3 is 2.64 bits per heavy atom. The van der Waals surface area contributed by atoms with Gasteiger partial charge in [0, 0.05) is 5.39 Å². The summed E-state index contributed by atoms with van der Waals surface area (Å²) >= 11 is 10.6. The zero-order chi connectivity index (χ0) is 8.01. The normalized spacial score (nSPS) is 11.2. The molecule has 0 N–H and O–H groups in total. The maximum Gasteiger partial charge on any atom is 0.0888 e. The highest BCUT2D eigenvalue weighted by molar-refractivity contribution is 9.12. The average molecular weight is 312 g/mol. The molecule has 0 saturated carbocycles. The largest absolute Gasteiger partial charge is 0.141 e. The molecule has 0 bridgehead atoms. The van der Waals surface area contributed by atoms with E-state index in [0.29, 0.717) is 0 Å². The molecule has 0 aliphatic heterocycles. The summed E-state index contributed by atoms with van der Waals surface area (Å²) in [5.74, 6) is 0. The third-order valence-corrected chi connectivity index (χ3v) is 5.57. The minimum atomic E-state index is 1.23. The molecule has 0 unspecified atom stereocenters. The first-order valence-corrected chi connectivity index (χ1v) is 6.30. The van der Waals surface area contributed by atoms with Gasteiger partial charge in [-0.25, -0.2) is 0 Å². The lowest BCUT2D eigenvalue weighted by Crippen LogP contribution is -1.59. The van der Waals surface area contributed by atoms with Gasteiger partial charge in [0.1, 0.15) is 0 Å². The summed E-state index contributed by atoms with van der Waals surface area (Å²) in [6.07, 6.45) is 0. The quantitative estimate of drug-likeness (QED) is 0.656. The number of thiophene rings is 2. The highest BCUT2D eigenvalue weighted by atomic mass is 79.9. The van der Waals surface area contributed by atoms with Crippen LogP contribution in [0.5, 0.6) is 0 Å². The van der Waals surface area contributed by atoms with E-state index in [2.05, 4.69) is 44.2 Å². The fraction of sp³-hybridized carbons (Fsp3) is 0.143. The zero-order valence-electron chi connectivity index (χ0n) is 5.65. The van der Waals surface area contributed by atoms with Crippen molar-refractivity contribution in [1.29, 1.82) is 0 Å². The fourth-order valence-corrected chi connectivity index (χ4v) is 5.69. The second kappa shape index (κ2) is 2.83. The molecule has 0 radical (unpaired) electrons. The van der Waals surface area contributed by atoms with Crippen LogP contribution in [0.25, 0.3) is 10.1 Å². The first kappa shape index (κ1) is 8.23. The third kappa shape index (κ3) is 1.20. The summed E-state index contributed by atoms with van der Waals surface area (Å²) in [5, 5.41) is 3.55. The summed E-state index contributed by atoms with van der Waals surface area (Å²) in [7, 11) is 0. The Bertz CT molecular complexity index is 400. The molecule has 0 fully saturated rings. The van der Waals surface area contributed by atoms with E-state index >= 15 is 0 Å². The summed E-state index contributed by atoms with van der Waals surface area (Å²) in [6, 6.07) is 0. The molecule has 11 heavy (non-hydrogen) atoms. The van der Waals surface area contributed by atoms with Crippen molar-refractivity contribution in [3.8, 4) is 0 Å². The number of aryl methyl sites for hydroxylation is 1. The predicted octanol–water partition coefficient (Wildman–Crippen LogP) is 4.80. The molecule has 0 aliphatic rings. The Hall–Kier alpha value is 0.620. The van der Waals surface area contributed by atoms with Gasteiger partial charge < -0.3 is 0 Å². The number of hydrogen-bond donors (Lipinski definition) is 0. The van der Waals surface area contributed by atoms with Gasteiger partial charge in [0.15, 0.2) is 0 Å². The zero-order valence-corrected chi connectivity index (χ0v) is 10.5. The second-order valence-electron chi connectivity index (χ2n) is 2.27. The van der Waals surface area contributed by atoms with Crippen LogP contribution in [-0.2, 0) is 0 Å². The van der Waals surface area contributed by atoms with Crippen molar-refractivity contribution >= 4 is 64.6 Å². The first-order chi connectivity index (χ1) is 5.20. The molecule has 2 rings (SSSR count). The molecule has 0 aromatic carbocycles. The minimum absolute atomic E-state index is 1.23. The SMILES string of the molecule is Cc1csc2c(Br)sc(Br)c12. The van der Waals surface area contributed by atoms with Gasteiger partial charge in [-0.1, -0.05) is 0 Å². The molecule has 0 nitrogen and oxygen atoms in total.